The molecule has 1 aromatic carbocycles. The lowest BCUT2D eigenvalue weighted by molar-refractivity contribution is 0.866. The van der Waals surface area contributed by atoms with Crippen LogP contribution in [-0.2, 0) is 0 Å². The van der Waals surface area contributed by atoms with Crippen LogP contribution in [0.25, 0.3) is 26.5 Å². The lowest BCUT2D eigenvalue weighted by Gasteiger charge is -2.01. The minimum absolute atomic E-state index is 0.115. The van der Waals surface area contributed by atoms with Gasteiger partial charge in [-0.2, -0.15) is 9.67 Å². The smallest absolute Gasteiger partial charge is 0.241 e. The van der Waals surface area contributed by atoms with E-state index in [9.17, 15) is 0 Å². The highest BCUT2D eigenvalue weighted by Gasteiger charge is 2.15. The molecule has 0 aliphatic carbocycles. The fourth-order valence-electron chi connectivity index (χ4n) is 2.23. The molecule has 108 valence electrons. The molecule has 0 fully saturated rings. The number of anilines is 2. The van der Waals surface area contributed by atoms with Crippen LogP contribution in [0.4, 0.5) is 11.9 Å². The topological polar surface area (TPSA) is 109 Å². The van der Waals surface area contributed by atoms with Crippen molar-refractivity contribution >= 4 is 33.5 Å². The Morgan fingerprint density at radius 2 is 1.86 bits per heavy atom. The van der Waals surface area contributed by atoms with E-state index in [4.69, 9.17) is 11.5 Å². The average molecular weight is 309 g/mol. The molecular formula is C14H11N7S. The van der Waals surface area contributed by atoms with Crippen molar-refractivity contribution < 1.29 is 0 Å². The van der Waals surface area contributed by atoms with Crippen LogP contribution in [0.1, 0.15) is 0 Å². The molecule has 3 heterocycles. The van der Waals surface area contributed by atoms with Crippen LogP contribution in [0.5, 0.6) is 0 Å². The van der Waals surface area contributed by atoms with E-state index in [0.29, 0.717) is 5.82 Å². The van der Waals surface area contributed by atoms with Gasteiger partial charge in [0.2, 0.25) is 11.9 Å². The third kappa shape index (κ3) is 1.97. The van der Waals surface area contributed by atoms with Gasteiger partial charge in [0, 0.05) is 4.88 Å². The molecule has 0 atom stereocenters. The second-order valence-electron chi connectivity index (χ2n) is 4.63. The van der Waals surface area contributed by atoms with E-state index in [-0.39, 0.29) is 11.9 Å². The van der Waals surface area contributed by atoms with Gasteiger partial charge >= 0.3 is 0 Å². The van der Waals surface area contributed by atoms with Gasteiger partial charge in [-0.3, -0.25) is 0 Å². The first-order valence-electron chi connectivity index (χ1n) is 6.51. The lowest BCUT2D eigenvalue weighted by Crippen LogP contribution is -2.05. The molecule has 0 amide bonds. The van der Waals surface area contributed by atoms with E-state index < -0.39 is 0 Å². The van der Waals surface area contributed by atoms with E-state index in [1.807, 2.05) is 24.3 Å². The molecule has 22 heavy (non-hydrogen) atoms. The van der Waals surface area contributed by atoms with Gasteiger partial charge in [0.1, 0.15) is 6.33 Å². The first-order chi connectivity index (χ1) is 10.7. The third-order valence-electron chi connectivity index (χ3n) is 3.20. The van der Waals surface area contributed by atoms with Gasteiger partial charge in [0.15, 0.2) is 5.82 Å². The number of hydrogen-bond donors (Lipinski definition) is 2. The molecule has 7 nitrogen and oxygen atoms in total. The van der Waals surface area contributed by atoms with Gasteiger partial charge in [-0.15, -0.1) is 16.4 Å². The average Bonchev–Trinajstić information content (AvgIpc) is 3.11. The molecule has 0 saturated heterocycles. The summed E-state index contributed by atoms with van der Waals surface area (Å²) >= 11 is 1.58. The Balaban J connectivity index is 1.94. The van der Waals surface area contributed by atoms with E-state index in [2.05, 4.69) is 32.2 Å². The van der Waals surface area contributed by atoms with Crippen LogP contribution in [0.15, 0.2) is 42.7 Å². The predicted molar refractivity (Wildman–Crippen MR) is 86.6 cm³/mol. The first-order valence-corrected chi connectivity index (χ1v) is 7.32. The third-order valence-corrected chi connectivity index (χ3v) is 4.37. The van der Waals surface area contributed by atoms with Crippen molar-refractivity contribution in [3.8, 4) is 16.3 Å². The standard InChI is InChI=1S/C14H11N7S/c15-13-19-14(16)21(20-13)12-11-9(17-7-18-12)6-10(22-11)8-4-2-1-3-5-8/h1-7H,(H4,15,16,19,20). The summed E-state index contributed by atoms with van der Waals surface area (Å²) in [5, 5.41) is 4.09. The second-order valence-corrected chi connectivity index (χ2v) is 5.68. The quantitative estimate of drug-likeness (QED) is 0.587. The zero-order valence-electron chi connectivity index (χ0n) is 11.3. The lowest BCUT2D eigenvalue weighted by atomic mass is 10.2. The summed E-state index contributed by atoms with van der Waals surface area (Å²) in [6, 6.07) is 12.1. The SMILES string of the molecule is Nc1nc(N)n(-c2ncnc3cc(-c4ccccc4)sc23)n1. The maximum Gasteiger partial charge on any atom is 0.241 e. The number of nitrogens with two attached hydrogens (primary N) is 2. The molecule has 0 saturated carbocycles. The summed E-state index contributed by atoms with van der Waals surface area (Å²) < 4.78 is 2.32. The number of thiophene rings is 1. The minimum Gasteiger partial charge on any atom is -0.368 e. The van der Waals surface area contributed by atoms with Crippen molar-refractivity contribution in [1.29, 1.82) is 0 Å². The summed E-state index contributed by atoms with van der Waals surface area (Å²) in [5.41, 5.74) is 13.4. The van der Waals surface area contributed by atoms with Crippen molar-refractivity contribution in [1.82, 2.24) is 24.7 Å². The van der Waals surface area contributed by atoms with Crippen molar-refractivity contribution in [3.63, 3.8) is 0 Å². The molecule has 0 aliphatic rings. The highest BCUT2D eigenvalue weighted by atomic mass is 32.1. The Morgan fingerprint density at radius 1 is 1.05 bits per heavy atom. The molecule has 0 radical (unpaired) electrons. The zero-order chi connectivity index (χ0) is 15.1. The van der Waals surface area contributed by atoms with Gasteiger partial charge < -0.3 is 11.5 Å². The summed E-state index contributed by atoms with van der Waals surface area (Å²) in [6.45, 7) is 0. The number of nitrogens with zero attached hydrogens (tertiary/aromatic N) is 5. The number of hydrogen-bond acceptors (Lipinski definition) is 7. The maximum absolute atomic E-state index is 5.84. The van der Waals surface area contributed by atoms with Crippen molar-refractivity contribution in [2.24, 2.45) is 0 Å². The van der Waals surface area contributed by atoms with Crippen molar-refractivity contribution in [3.05, 3.63) is 42.7 Å². The molecule has 4 N–H and O–H groups in total. The largest absolute Gasteiger partial charge is 0.368 e. The minimum atomic E-state index is 0.115. The molecule has 4 aromatic rings. The Kier molecular flexibility index (Phi) is 2.76. The maximum atomic E-state index is 5.84. The van der Waals surface area contributed by atoms with Crippen LogP contribution >= 0.6 is 11.3 Å². The fraction of sp³-hybridized carbons (Fsp3) is 0. The summed E-state index contributed by atoms with van der Waals surface area (Å²) in [7, 11) is 0. The van der Waals surface area contributed by atoms with Crippen molar-refractivity contribution in [2.75, 3.05) is 11.5 Å². The monoisotopic (exact) mass is 309 g/mol. The molecule has 3 aromatic heterocycles. The number of benzene rings is 1. The molecule has 0 unspecified atom stereocenters. The zero-order valence-corrected chi connectivity index (χ0v) is 12.2. The van der Waals surface area contributed by atoms with Crippen LogP contribution in [-0.4, -0.2) is 24.7 Å². The molecular weight excluding hydrogens is 298 g/mol. The van der Waals surface area contributed by atoms with Gasteiger partial charge in [-0.05, 0) is 11.6 Å². The predicted octanol–water partition coefficient (Wildman–Crippen LogP) is 2.10. The second kappa shape index (κ2) is 4.78. The molecule has 0 aliphatic heterocycles. The van der Waals surface area contributed by atoms with Crippen LogP contribution < -0.4 is 11.5 Å². The van der Waals surface area contributed by atoms with Gasteiger partial charge in [-0.1, -0.05) is 30.3 Å². The van der Waals surface area contributed by atoms with Gasteiger partial charge in [-0.25, -0.2) is 9.97 Å². The Labute approximate surface area is 129 Å². The number of nitrogen functional groups attached to an aromatic ring is 2. The number of aromatic nitrogens is 5. The number of fused-ring (bicyclic) bond motifs is 1. The number of rotatable bonds is 2. The van der Waals surface area contributed by atoms with Crippen LogP contribution in [0.3, 0.4) is 0 Å². The molecule has 8 heteroatoms. The van der Waals surface area contributed by atoms with E-state index in [1.165, 1.54) is 11.0 Å². The highest BCUT2D eigenvalue weighted by Crippen LogP contribution is 2.35. The van der Waals surface area contributed by atoms with Gasteiger partial charge in [0.25, 0.3) is 0 Å². The van der Waals surface area contributed by atoms with E-state index >= 15 is 0 Å². The summed E-state index contributed by atoms with van der Waals surface area (Å²) in [6.07, 6.45) is 1.48. The Bertz CT molecular complexity index is 958. The van der Waals surface area contributed by atoms with E-state index in [0.717, 1.165) is 20.7 Å². The molecule has 0 bridgehead atoms. The van der Waals surface area contributed by atoms with Gasteiger partial charge in [0.05, 0.1) is 10.2 Å². The van der Waals surface area contributed by atoms with Crippen LogP contribution in [0, 0.1) is 0 Å². The highest BCUT2D eigenvalue weighted by molar-refractivity contribution is 7.22. The fourth-order valence-corrected chi connectivity index (χ4v) is 3.33. The molecule has 0 spiro atoms. The van der Waals surface area contributed by atoms with Crippen molar-refractivity contribution in [2.45, 2.75) is 0 Å². The normalized spacial score (nSPS) is 11.1. The van der Waals surface area contributed by atoms with E-state index in [1.54, 1.807) is 11.3 Å². The Hall–Kier alpha value is -3.00. The Morgan fingerprint density at radius 3 is 2.59 bits per heavy atom. The van der Waals surface area contributed by atoms with Crippen LogP contribution in [0.2, 0.25) is 0 Å². The summed E-state index contributed by atoms with van der Waals surface area (Å²) in [4.78, 5) is 13.6. The summed E-state index contributed by atoms with van der Waals surface area (Å²) in [5.74, 6) is 0.898. The first kappa shape index (κ1) is 12.7. The molecule has 4 rings (SSSR count).